The molecular formula is C19H30O4. The number of carboxylic acid groups (broad SMARTS) is 1. The average Bonchev–Trinajstić information content (AvgIpc) is 2.44. The number of allylic oxidation sites excluding steroid dienone is 3. The van der Waals surface area contributed by atoms with Crippen molar-refractivity contribution in [2.75, 3.05) is 0 Å². The molecule has 0 aliphatic heterocycles. The molecule has 0 heterocycles. The number of aliphatic hydroxyl groups excluding tert-OH is 2. The van der Waals surface area contributed by atoms with Gasteiger partial charge in [0.1, 0.15) is 0 Å². The lowest BCUT2D eigenvalue weighted by molar-refractivity contribution is -0.139. The highest BCUT2D eigenvalue weighted by Crippen LogP contribution is 2.43. The zero-order valence-corrected chi connectivity index (χ0v) is 14.2. The first-order valence-corrected chi connectivity index (χ1v) is 8.86. The van der Waals surface area contributed by atoms with E-state index in [1.165, 1.54) is 5.57 Å². The van der Waals surface area contributed by atoms with E-state index in [1.54, 1.807) is 0 Å². The second-order valence-corrected chi connectivity index (χ2v) is 7.39. The topological polar surface area (TPSA) is 77.8 Å². The van der Waals surface area contributed by atoms with Crippen molar-refractivity contribution >= 4 is 5.97 Å². The highest BCUT2D eigenvalue weighted by atomic mass is 16.4. The molecule has 23 heavy (non-hydrogen) atoms. The molecule has 1 unspecified atom stereocenters. The first-order chi connectivity index (χ1) is 10.9. The maximum absolute atomic E-state index is 10.6. The Hall–Kier alpha value is -1.13. The number of carbonyl (C=O) groups is 1. The van der Waals surface area contributed by atoms with Gasteiger partial charge in [0.15, 0.2) is 0 Å². The number of aliphatic carboxylic acids is 1. The van der Waals surface area contributed by atoms with Crippen molar-refractivity contribution < 1.29 is 20.1 Å². The summed E-state index contributed by atoms with van der Waals surface area (Å²) in [6, 6.07) is 0. The zero-order chi connectivity index (χ0) is 17.0. The molecular weight excluding hydrogens is 292 g/mol. The summed E-state index contributed by atoms with van der Waals surface area (Å²) in [4.78, 5) is 10.6. The molecule has 0 aromatic rings. The van der Waals surface area contributed by atoms with Gasteiger partial charge in [-0.15, -0.1) is 0 Å². The third kappa shape index (κ3) is 4.92. The van der Waals surface area contributed by atoms with Crippen molar-refractivity contribution in [1.29, 1.82) is 0 Å². The number of carboxylic acids is 1. The number of aliphatic hydroxyl groups is 2. The summed E-state index contributed by atoms with van der Waals surface area (Å²) in [6.45, 7) is 4.36. The Bertz CT molecular complexity index is 468. The lowest BCUT2D eigenvalue weighted by atomic mass is 9.65. The van der Waals surface area contributed by atoms with E-state index in [0.29, 0.717) is 24.2 Å². The van der Waals surface area contributed by atoms with E-state index < -0.39 is 12.1 Å². The first-order valence-electron chi connectivity index (χ1n) is 8.86. The van der Waals surface area contributed by atoms with Crippen molar-refractivity contribution in [3.63, 3.8) is 0 Å². The molecule has 0 saturated carbocycles. The van der Waals surface area contributed by atoms with Crippen LogP contribution >= 0.6 is 0 Å². The first kappa shape index (κ1) is 18.2. The van der Waals surface area contributed by atoms with Gasteiger partial charge < -0.3 is 15.3 Å². The fourth-order valence-electron chi connectivity index (χ4n) is 4.20. The average molecular weight is 322 g/mol. The number of rotatable bonds is 7. The molecule has 0 aromatic carbocycles. The smallest absolute Gasteiger partial charge is 0.305 e. The van der Waals surface area contributed by atoms with Crippen LogP contribution in [-0.2, 0) is 4.79 Å². The molecule has 0 radical (unpaired) electrons. The Morgan fingerprint density at radius 1 is 1.35 bits per heavy atom. The van der Waals surface area contributed by atoms with Gasteiger partial charge in [0.2, 0.25) is 0 Å². The molecule has 0 saturated heterocycles. The molecule has 0 spiro atoms. The van der Waals surface area contributed by atoms with Crippen molar-refractivity contribution in [3.8, 4) is 0 Å². The fourth-order valence-corrected chi connectivity index (χ4v) is 4.20. The summed E-state index contributed by atoms with van der Waals surface area (Å²) in [5.74, 6) is 0.601. The number of unbranched alkanes of at least 4 members (excludes halogenated alkanes) is 1. The van der Waals surface area contributed by atoms with Crippen LogP contribution in [0.4, 0.5) is 0 Å². The molecule has 3 N–H and O–H groups in total. The van der Waals surface area contributed by atoms with E-state index in [9.17, 15) is 15.0 Å². The zero-order valence-electron chi connectivity index (χ0n) is 14.2. The number of hydrogen-bond acceptors (Lipinski definition) is 3. The van der Waals surface area contributed by atoms with E-state index >= 15 is 0 Å². The minimum absolute atomic E-state index is 0.172. The van der Waals surface area contributed by atoms with Crippen LogP contribution in [0.15, 0.2) is 23.8 Å². The molecule has 2 rings (SSSR count). The molecule has 4 nitrogen and oxygen atoms in total. The summed E-state index contributed by atoms with van der Waals surface area (Å²) in [5.41, 5.74) is 1.28. The Balaban J connectivity index is 1.87. The minimum atomic E-state index is -0.947. The van der Waals surface area contributed by atoms with E-state index in [2.05, 4.69) is 32.1 Å². The summed E-state index contributed by atoms with van der Waals surface area (Å²) in [6.07, 6.45) is 9.73. The highest BCUT2D eigenvalue weighted by Gasteiger charge is 2.38. The van der Waals surface area contributed by atoms with E-state index in [4.69, 9.17) is 5.11 Å². The second-order valence-electron chi connectivity index (χ2n) is 7.39. The second kappa shape index (κ2) is 8.11. The largest absolute Gasteiger partial charge is 0.481 e. The molecule has 2 aliphatic rings. The van der Waals surface area contributed by atoms with Crippen LogP contribution < -0.4 is 0 Å². The number of hydrogen-bond donors (Lipinski definition) is 3. The molecule has 0 fully saturated rings. The van der Waals surface area contributed by atoms with E-state index in [1.807, 2.05) is 0 Å². The summed E-state index contributed by atoms with van der Waals surface area (Å²) in [5, 5.41) is 28.8. The van der Waals surface area contributed by atoms with Gasteiger partial charge in [0, 0.05) is 5.92 Å². The highest BCUT2D eigenvalue weighted by molar-refractivity contribution is 5.67. The molecule has 0 bridgehead atoms. The Kier molecular flexibility index (Phi) is 6.42. The van der Waals surface area contributed by atoms with Crippen molar-refractivity contribution in [2.45, 2.75) is 64.6 Å². The Morgan fingerprint density at radius 2 is 2.09 bits per heavy atom. The summed E-state index contributed by atoms with van der Waals surface area (Å²) in [7, 11) is 0. The quantitative estimate of drug-likeness (QED) is 0.629. The normalized spacial score (nSPS) is 34.6. The molecule has 2 aliphatic carbocycles. The monoisotopic (exact) mass is 322 g/mol. The van der Waals surface area contributed by atoms with Gasteiger partial charge in [0.05, 0.1) is 18.6 Å². The van der Waals surface area contributed by atoms with Gasteiger partial charge in [-0.1, -0.05) is 44.9 Å². The fraction of sp³-hybridized carbons (Fsp3) is 0.737. The SMILES string of the molecule is C[C@H]1C=C2C=C[C@H](C)[C@H](CCCC[C@H](O)CC(=O)O)C2[C@@H](O)C1. The van der Waals surface area contributed by atoms with Crippen LogP contribution in [0.3, 0.4) is 0 Å². The molecule has 0 amide bonds. The predicted molar refractivity (Wildman–Crippen MR) is 89.9 cm³/mol. The minimum Gasteiger partial charge on any atom is -0.481 e. The van der Waals surface area contributed by atoms with Crippen LogP contribution in [-0.4, -0.2) is 33.5 Å². The van der Waals surface area contributed by atoms with Crippen LogP contribution in [0.5, 0.6) is 0 Å². The lowest BCUT2D eigenvalue weighted by Crippen LogP contribution is -2.38. The van der Waals surface area contributed by atoms with E-state index in [-0.39, 0.29) is 18.4 Å². The Labute approximate surface area is 138 Å². The van der Waals surface area contributed by atoms with Crippen LogP contribution in [0.2, 0.25) is 0 Å². The van der Waals surface area contributed by atoms with Gasteiger partial charge >= 0.3 is 5.97 Å². The van der Waals surface area contributed by atoms with Crippen LogP contribution in [0, 0.1) is 23.7 Å². The maximum atomic E-state index is 10.6. The Morgan fingerprint density at radius 3 is 2.78 bits per heavy atom. The maximum Gasteiger partial charge on any atom is 0.305 e. The predicted octanol–water partition coefficient (Wildman–Crippen LogP) is 3.15. The van der Waals surface area contributed by atoms with Crippen molar-refractivity contribution in [2.24, 2.45) is 23.7 Å². The number of fused-ring (bicyclic) bond motifs is 1. The standard InChI is InChI=1S/C19H30O4/c1-12-9-14-8-7-13(2)16(19(14)17(21)10-12)6-4-3-5-15(20)11-18(22)23/h7-9,12-13,15-17,19-21H,3-6,10-11H2,1-2H3,(H,22,23)/t12-,13-,15-,16-,17-,19?/m0/s1. The van der Waals surface area contributed by atoms with Crippen molar-refractivity contribution in [3.05, 3.63) is 23.8 Å². The van der Waals surface area contributed by atoms with Gasteiger partial charge in [0.25, 0.3) is 0 Å². The van der Waals surface area contributed by atoms with Crippen LogP contribution in [0.25, 0.3) is 0 Å². The van der Waals surface area contributed by atoms with Gasteiger partial charge in [-0.25, -0.2) is 0 Å². The van der Waals surface area contributed by atoms with E-state index in [0.717, 1.165) is 25.7 Å². The molecule has 4 heteroatoms. The van der Waals surface area contributed by atoms with Gasteiger partial charge in [-0.2, -0.15) is 0 Å². The third-order valence-corrected chi connectivity index (χ3v) is 5.35. The van der Waals surface area contributed by atoms with Gasteiger partial charge in [-0.3, -0.25) is 4.79 Å². The third-order valence-electron chi connectivity index (χ3n) is 5.35. The van der Waals surface area contributed by atoms with Crippen LogP contribution in [0.1, 0.15) is 52.4 Å². The molecule has 6 atom stereocenters. The van der Waals surface area contributed by atoms with Gasteiger partial charge in [-0.05, 0) is 42.6 Å². The molecule has 130 valence electrons. The summed E-state index contributed by atoms with van der Waals surface area (Å²) < 4.78 is 0. The molecule has 0 aromatic heterocycles. The lowest BCUT2D eigenvalue weighted by Gasteiger charge is -2.41. The summed E-state index contributed by atoms with van der Waals surface area (Å²) >= 11 is 0. The van der Waals surface area contributed by atoms with Crippen molar-refractivity contribution in [1.82, 2.24) is 0 Å².